The van der Waals surface area contributed by atoms with Crippen molar-refractivity contribution in [1.29, 1.82) is 0 Å². The van der Waals surface area contributed by atoms with E-state index >= 15 is 0 Å². The normalized spacial score (nSPS) is 14.8. The first-order valence-corrected chi connectivity index (χ1v) is 4.99. The number of hydrogen-bond acceptors (Lipinski definition) is 1. The van der Waals surface area contributed by atoms with Crippen LogP contribution in [0.4, 0.5) is 13.2 Å². The molecule has 0 aliphatic carbocycles. The molecule has 0 aliphatic heterocycles. The molecule has 0 rings (SSSR count). The molecule has 0 spiro atoms. The SMILES string of the molecule is CCCC[C](C)CN[C@@H](C)C(F)(F)F. The van der Waals surface area contributed by atoms with Crippen LogP contribution in [0.5, 0.6) is 0 Å². The van der Waals surface area contributed by atoms with Crippen molar-refractivity contribution in [2.75, 3.05) is 6.54 Å². The summed E-state index contributed by atoms with van der Waals surface area (Å²) in [5.41, 5.74) is 0. The number of nitrogens with one attached hydrogen (secondary N) is 1. The molecular formula is C10H19F3N. The molecule has 0 amide bonds. The Balaban J connectivity index is 3.61. The van der Waals surface area contributed by atoms with Gasteiger partial charge in [-0.2, -0.15) is 13.2 Å². The van der Waals surface area contributed by atoms with Crippen LogP contribution in [0.15, 0.2) is 0 Å². The molecule has 0 aliphatic rings. The van der Waals surface area contributed by atoms with E-state index < -0.39 is 12.2 Å². The summed E-state index contributed by atoms with van der Waals surface area (Å²) in [7, 11) is 0. The van der Waals surface area contributed by atoms with Gasteiger partial charge in [0.1, 0.15) is 6.04 Å². The molecule has 1 atom stereocenters. The second-order valence-electron chi connectivity index (χ2n) is 3.70. The fraction of sp³-hybridized carbons (Fsp3) is 0.900. The van der Waals surface area contributed by atoms with E-state index in [1.54, 1.807) is 0 Å². The highest BCUT2D eigenvalue weighted by molar-refractivity contribution is 4.88. The molecule has 1 radical (unpaired) electrons. The number of alkyl halides is 3. The van der Waals surface area contributed by atoms with E-state index in [-0.39, 0.29) is 0 Å². The van der Waals surface area contributed by atoms with Crippen molar-refractivity contribution in [1.82, 2.24) is 5.32 Å². The Hall–Kier alpha value is -0.250. The first-order valence-electron chi connectivity index (χ1n) is 4.99. The summed E-state index contributed by atoms with van der Waals surface area (Å²) in [5, 5.41) is 2.47. The summed E-state index contributed by atoms with van der Waals surface area (Å²) in [6.07, 6.45) is -1.10. The molecule has 0 aromatic heterocycles. The standard InChI is InChI=1S/C10H19F3N/c1-4-5-6-8(2)7-14-9(3)10(11,12)13/h9,14H,4-7H2,1-3H3/t9-/m0/s1. The van der Waals surface area contributed by atoms with Crippen molar-refractivity contribution in [3.8, 4) is 0 Å². The average Bonchev–Trinajstić information content (AvgIpc) is 2.09. The van der Waals surface area contributed by atoms with Gasteiger partial charge in [-0.3, -0.25) is 0 Å². The maximum Gasteiger partial charge on any atom is 0.403 e. The minimum atomic E-state index is -4.13. The van der Waals surface area contributed by atoms with Crippen LogP contribution in [0.2, 0.25) is 0 Å². The molecule has 0 fully saturated rings. The van der Waals surface area contributed by atoms with E-state index in [9.17, 15) is 13.2 Å². The highest BCUT2D eigenvalue weighted by Gasteiger charge is 2.35. The summed E-state index contributed by atoms with van der Waals surface area (Å²) in [6, 6.07) is -1.42. The third-order valence-electron chi connectivity index (χ3n) is 2.16. The summed E-state index contributed by atoms with van der Waals surface area (Å²) in [4.78, 5) is 0. The van der Waals surface area contributed by atoms with Crippen molar-refractivity contribution >= 4 is 0 Å². The maximum absolute atomic E-state index is 12.1. The third kappa shape index (κ3) is 6.24. The average molecular weight is 210 g/mol. The van der Waals surface area contributed by atoms with Gasteiger partial charge in [0.05, 0.1) is 0 Å². The van der Waals surface area contributed by atoms with Gasteiger partial charge in [-0.25, -0.2) is 0 Å². The lowest BCUT2D eigenvalue weighted by atomic mass is 10.0. The van der Waals surface area contributed by atoms with Crippen LogP contribution in [0.3, 0.4) is 0 Å². The number of hydrogen-bond donors (Lipinski definition) is 1. The summed E-state index contributed by atoms with van der Waals surface area (Å²) in [5.74, 6) is 1.09. The van der Waals surface area contributed by atoms with Crippen molar-refractivity contribution in [2.24, 2.45) is 0 Å². The predicted octanol–water partition coefficient (Wildman–Crippen LogP) is 3.31. The van der Waals surface area contributed by atoms with Gasteiger partial charge in [-0.15, -0.1) is 0 Å². The molecule has 0 bridgehead atoms. The van der Waals surface area contributed by atoms with Crippen LogP contribution in [-0.2, 0) is 0 Å². The lowest BCUT2D eigenvalue weighted by molar-refractivity contribution is -0.151. The van der Waals surface area contributed by atoms with Crippen LogP contribution < -0.4 is 5.32 Å². The Kier molecular flexibility index (Phi) is 6.16. The largest absolute Gasteiger partial charge is 0.403 e. The van der Waals surface area contributed by atoms with Crippen molar-refractivity contribution < 1.29 is 13.2 Å². The van der Waals surface area contributed by atoms with Gasteiger partial charge in [0.2, 0.25) is 0 Å². The lowest BCUT2D eigenvalue weighted by Gasteiger charge is -2.19. The zero-order valence-corrected chi connectivity index (χ0v) is 9.04. The Labute approximate surface area is 84.1 Å². The molecule has 0 unspecified atom stereocenters. The minimum absolute atomic E-state index is 0.362. The Bertz CT molecular complexity index is 145. The highest BCUT2D eigenvalue weighted by Crippen LogP contribution is 2.20. The lowest BCUT2D eigenvalue weighted by Crippen LogP contribution is -2.41. The first-order chi connectivity index (χ1) is 6.38. The molecule has 85 valence electrons. The van der Waals surface area contributed by atoms with Crippen LogP contribution >= 0.6 is 0 Å². The second kappa shape index (κ2) is 6.27. The van der Waals surface area contributed by atoms with Gasteiger partial charge in [-0.1, -0.05) is 26.7 Å². The van der Waals surface area contributed by atoms with Crippen LogP contribution in [-0.4, -0.2) is 18.8 Å². The van der Waals surface area contributed by atoms with E-state index in [4.69, 9.17) is 0 Å². The van der Waals surface area contributed by atoms with Crippen molar-refractivity contribution in [3.63, 3.8) is 0 Å². The van der Waals surface area contributed by atoms with E-state index in [1.165, 1.54) is 0 Å². The summed E-state index contributed by atoms with van der Waals surface area (Å²) >= 11 is 0. The van der Waals surface area contributed by atoms with Crippen LogP contribution in [0, 0.1) is 5.92 Å². The van der Waals surface area contributed by atoms with Gasteiger partial charge < -0.3 is 5.32 Å². The molecule has 1 N–H and O–H groups in total. The zero-order chi connectivity index (χ0) is 11.2. The van der Waals surface area contributed by atoms with Gasteiger partial charge in [-0.05, 0) is 19.3 Å². The van der Waals surface area contributed by atoms with Crippen LogP contribution in [0.25, 0.3) is 0 Å². The zero-order valence-electron chi connectivity index (χ0n) is 9.04. The van der Waals surface area contributed by atoms with Gasteiger partial charge in [0, 0.05) is 6.54 Å². The van der Waals surface area contributed by atoms with Gasteiger partial charge in [0.25, 0.3) is 0 Å². The van der Waals surface area contributed by atoms with Gasteiger partial charge >= 0.3 is 6.18 Å². The van der Waals surface area contributed by atoms with E-state index in [0.717, 1.165) is 32.1 Å². The number of unbranched alkanes of at least 4 members (excludes halogenated alkanes) is 1. The first kappa shape index (κ1) is 13.8. The van der Waals surface area contributed by atoms with Crippen molar-refractivity contribution in [3.05, 3.63) is 5.92 Å². The topological polar surface area (TPSA) is 12.0 Å². The van der Waals surface area contributed by atoms with Crippen LogP contribution in [0.1, 0.15) is 40.0 Å². The molecule has 0 saturated carbocycles. The molecule has 0 aromatic carbocycles. The summed E-state index contributed by atoms with van der Waals surface area (Å²) < 4.78 is 36.2. The van der Waals surface area contributed by atoms with Crippen molar-refractivity contribution in [2.45, 2.75) is 52.3 Å². The second-order valence-corrected chi connectivity index (χ2v) is 3.70. The highest BCUT2D eigenvalue weighted by atomic mass is 19.4. The molecular weight excluding hydrogens is 191 g/mol. The smallest absolute Gasteiger partial charge is 0.306 e. The molecule has 4 heteroatoms. The molecule has 1 nitrogen and oxygen atoms in total. The predicted molar refractivity (Wildman–Crippen MR) is 52.0 cm³/mol. The van der Waals surface area contributed by atoms with E-state index in [1.807, 2.05) is 6.92 Å². The quantitative estimate of drug-likeness (QED) is 0.709. The molecule has 0 heterocycles. The monoisotopic (exact) mass is 210 g/mol. The number of rotatable bonds is 6. The Morgan fingerprint density at radius 1 is 1.36 bits per heavy atom. The summed E-state index contributed by atoms with van der Waals surface area (Å²) in [6.45, 7) is 5.47. The Morgan fingerprint density at radius 3 is 2.36 bits per heavy atom. The Morgan fingerprint density at radius 2 is 1.93 bits per heavy atom. The third-order valence-corrected chi connectivity index (χ3v) is 2.16. The van der Waals surface area contributed by atoms with E-state index in [0.29, 0.717) is 6.54 Å². The molecule has 14 heavy (non-hydrogen) atoms. The van der Waals surface area contributed by atoms with E-state index in [2.05, 4.69) is 12.2 Å². The number of halogens is 3. The fourth-order valence-electron chi connectivity index (χ4n) is 1.01. The fourth-order valence-corrected chi connectivity index (χ4v) is 1.01. The molecule has 0 saturated heterocycles. The maximum atomic E-state index is 12.1. The van der Waals surface area contributed by atoms with Gasteiger partial charge in [0.15, 0.2) is 0 Å². The minimum Gasteiger partial charge on any atom is -0.306 e. The molecule has 0 aromatic rings.